The largest absolute Gasteiger partial charge is 0.497 e. The Morgan fingerprint density at radius 1 is 1.12 bits per heavy atom. The molecule has 0 fully saturated rings. The molecule has 11 heteroatoms. The maximum absolute atomic E-state index is 13.4. The number of nitrogens with one attached hydrogen (secondary N) is 1. The van der Waals surface area contributed by atoms with Crippen molar-refractivity contribution < 1.29 is 27.5 Å². The first-order valence-electron chi connectivity index (χ1n) is 9.97. The lowest BCUT2D eigenvalue weighted by molar-refractivity contribution is -0.139. The fraction of sp³-hybridized carbons (Fsp3) is 0.364. The minimum absolute atomic E-state index is 0.0644. The molecule has 9 nitrogen and oxygen atoms in total. The van der Waals surface area contributed by atoms with Gasteiger partial charge < -0.3 is 19.7 Å². The van der Waals surface area contributed by atoms with Gasteiger partial charge in [-0.05, 0) is 42.8 Å². The summed E-state index contributed by atoms with van der Waals surface area (Å²) in [5, 5.41) is 2.80. The number of carbonyl (C=O) groups is 2. The predicted octanol–water partition coefficient (Wildman–Crippen LogP) is 2.29. The molecule has 2 rings (SSSR count). The van der Waals surface area contributed by atoms with Crippen LogP contribution in [0.2, 0.25) is 5.02 Å². The van der Waals surface area contributed by atoms with E-state index in [4.69, 9.17) is 21.1 Å². The van der Waals surface area contributed by atoms with Crippen molar-refractivity contribution in [1.82, 2.24) is 10.2 Å². The van der Waals surface area contributed by atoms with E-state index in [1.807, 2.05) is 0 Å². The Labute approximate surface area is 199 Å². The van der Waals surface area contributed by atoms with E-state index in [-0.39, 0.29) is 23.0 Å². The van der Waals surface area contributed by atoms with Crippen molar-refractivity contribution in [2.45, 2.75) is 19.5 Å². The third kappa shape index (κ3) is 6.75. The smallest absolute Gasteiger partial charge is 0.244 e. The molecule has 0 bridgehead atoms. The van der Waals surface area contributed by atoms with E-state index in [9.17, 15) is 18.0 Å². The quantitative estimate of drug-likeness (QED) is 0.540. The summed E-state index contributed by atoms with van der Waals surface area (Å²) in [5.74, 6) is -0.149. The zero-order valence-electron chi connectivity index (χ0n) is 19.2. The van der Waals surface area contributed by atoms with E-state index < -0.39 is 34.4 Å². The Hall–Kier alpha value is -2.98. The molecule has 1 N–H and O–H groups in total. The number of hydrogen-bond donors (Lipinski definition) is 1. The summed E-state index contributed by atoms with van der Waals surface area (Å²) in [5.41, 5.74) is 0.833. The Balaban J connectivity index is 2.46. The second-order valence-corrected chi connectivity index (χ2v) is 9.59. The number of sulfonamides is 1. The zero-order valence-corrected chi connectivity index (χ0v) is 20.7. The van der Waals surface area contributed by atoms with Crippen molar-refractivity contribution in [3.05, 3.63) is 53.1 Å². The van der Waals surface area contributed by atoms with Gasteiger partial charge in [-0.3, -0.25) is 13.9 Å². The summed E-state index contributed by atoms with van der Waals surface area (Å²) in [4.78, 5) is 27.1. The van der Waals surface area contributed by atoms with Gasteiger partial charge in [0.1, 0.15) is 24.1 Å². The zero-order chi connectivity index (χ0) is 24.8. The number of halogens is 1. The van der Waals surface area contributed by atoms with Crippen molar-refractivity contribution >= 4 is 39.1 Å². The molecule has 0 spiro atoms. The van der Waals surface area contributed by atoms with Crippen LogP contribution in [0.3, 0.4) is 0 Å². The van der Waals surface area contributed by atoms with Gasteiger partial charge in [-0.2, -0.15) is 0 Å². The Morgan fingerprint density at radius 3 is 2.39 bits per heavy atom. The van der Waals surface area contributed by atoms with Crippen molar-refractivity contribution in [2.24, 2.45) is 0 Å². The fourth-order valence-electron chi connectivity index (χ4n) is 3.21. The molecule has 0 heterocycles. The molecule has 0 aromatic heterocycles. The Morgan fingerprint density at radius 2 is 1.82 bits per heavy atom. The average Bonchev–Trinajstić information content (AvgIpc) is 2.79. The lowest BCUT2D eigenvalue weighted by atomic mass is 10.1. The van der Waals surface area contributed by atoms with Gasteiger partial charge in [0, 0.05) is 18.6 Å². The van der Waals surface area contributed by atoms with Gasteiger partial charge in [-0.1, -0.05) is 23.7 Å². The lowest BCUT2D eigenvalue weighted by Crippen LogP contribution is -2.50. The van der Waals surface area contributed by atoms with Gasteiger partial charge in [0.05, 0.1) is 26.2 Å². The topological polar surface area (TPSA) is 105 Å². The van der Waals surface area contributed by atoms with Crippen LogP contribution in [0.15, 0.2) is 42.5 Å². The highest BCUT2D eigenvalue weighted by Crippen LogP contribution is 2.33. The first-order chi connectivity index (χ1) is 15.5. The van der Waals surface area contributed by atoms with E-state index in [1.165, 1.54) is 38.3 Å². The van der Waals surface area contributed by atoms with Crippen molar-refractivity contribution in [2.75, 3.05) is 38.4 Å². The van der Waals surface area contributed by atoms with Crippen LogP contribution in [-0.4, -0.2) is 65.2 Å². The summed E-state index contributed by atoms with van der Waals surface area (Å²) in [6.07, 6.45) is 0.981. The molecule has 2 aromatic rings. The first kappa shape index (κ1) is 26.3. The van der Waals surface area contributed by atoms with Gasteiger partial charge in [0.15, 0.2) is 0 Å². The second kappa shape index (κ2) is 11.2. The number of anilines is 1. The number of nitrogens with zero attached hydrogens (tertiary/aromatic N) is 2. The maximum atomic E-state index is 13.4. The summed E-state index contributed by atoms with van der Waals surface area (Å²) < 4.78 is 36.7. The van der Waals surface area contributed by atoms with Crippen LogP contribution in [0, 0.1) is 0 Å². The number of carbonyl (C=O) groups excluding carboxylic acids is 2. The Bertz CT molecular complexity index is 1110. The standard InChI is InChI=1S/C22H28ClN3O6S/c1-15(22(28)24-2)25(13-16-7-6-8-18(11-16)31-3)21(27)14-26(33(5,29)30)19-12-17(23)9-10-20(19)32-4/h6-12,15H,13-14H2,1-5H3,(H,24,28). The number of benzene rings is 2. The van der Waals surface area contributed by atoms with Crippen LogP contribution in [0.25, 0.3) is 0 Å². The molecule has 0 aliphatic heterocycles. The SMILES string of the molecule is CNC(=O)C(C)N(Cc1cccc(OC)c1)C(=O)CN(c1cc(Cl)ccc1OC)S(C)(=O)=O. The highest BCUT2D eigenvalue weighted by molar-refractivity contribution is 7.92. The van der Waals surface area contributed by atoms with Crippen molar-refractivity contribution in [3.63, 3.8) is 0 Å². The molecule has 2 aromatic carbocycles. The third-order valence-corrected chi connectivity index (χ3v) is 6.35. The molecule has 0 saturated heterocycles. The number of rotatable bonds is 10. The van der Waals surface area contributed by atoms with Crippen LogP contribution < -0.4 is 19.1 Å². The minimum atomic E-state index is -3.90. The maximum Gasteiger partial charge on any atom is 0.244 e. The van der Waals surface area contributed by atoms with Crippen molar-refractivity contribution in [3.8, 4) is 11.5 Å². The van der Waals surface area contributed by atoms with Gasteiger partial charge in [-0.25, -0.2) is 8.42 Å². The van der Waals surface area contributed by atoms with Crippen LogP contribution in [0.4, 0.5) is 5.69 Å². The molecule has 1 atom stereocenters. The predicted molar refractivity (Wildman–Crippen MR) is 127 cm³/mol. The minimum Gasteiger partial charge on any atom is -0.497 e. The van der Waals surface area contributed by atoms with E-state index in [1.54, 1.807) is 37.3 Å². The monoisotopic (exact) mass is 497 g/mol. The molecular formula is C22H28ClN3O6S. The van der Waals surface area contributed by atoms with Crippen LogP contribution in [-0.2, 0) is 26.2 Å². The fourth-order valence-corrected chi connectivity index (χ4v) is 4.22. The van der Waals surface area contributed by atoms with E-state index >= 15 is 0 Å². The average molecular weight is 498 g/mol. The van der Waals surface area contributed by atoms with Gasteiger partial charge in [0.2, 0.25) is 21.8 Å². The molecule has 0 aliphatic rings. The number of methoxy groups -OCH3 is 2. The molecule has 180 valence electrons. The van der Waals surface area contributed by atoms with E-state index in [0.29, 0.717) is 11.3 Å². The molecule has 0 radical (unpaired) electrons. The molecular weight excluding hydrogens is 470 g/mol. The van der Waals surface area contributed by atoms with E-state index in [0.717, 1.165) is 10.6 Å². The second-order valence-electron chi connectivity index (χ2n) is 7.25. The molecule has 2 amide bonds. The Kier molecular flexibility index (Phi) is 8.95. The van der Waals surface area contributed by atoms with Crippen molar-refractivity contribution in [1.29, 1.82) is 0 Å². The summed E-state index contributed by atoms with van der Waals surface area (Å²) in [6, 6.07) is 10.7. The van der Waals surface area contributed by atoms with Crippen LogP contribution in [0.1, 0.15) is 12.5 Å². The summed E-state index contributed by atoms with van der Waals surface area (Å²) >= 11 is 6.08. The number of ether oxygens (including phenoxy) is 2. The summed E-state index contributed by atoms with van der Waals surface area (Å²) in [6.45, 7) is 1.08. The number of amides is 2. The van der Waals surface area contributed by atoms with Crippen LogP contribution >= 0.6 is 11.6 Å². The van der Waals surface area contributed by atoms with Gasteiger partial charge in [0.25, 0.3) is 0 Å². The number of hydrogen-bond acceptors (Lipinski definition) is 6. The normalized spacial score (nSPS) is 11.9. The molecule has 0 aliphatic carbocycles. The molecule has 1 unspecified atom stereocenters. The molecule has 0 saturated carbocycles. The highest BCUT2D eigenvalue weighted by atomic mass is 35.5. The number of likely N-dealkylation sites (N-methyl/N-ethyl adjacent to an activating group) is 1. The molecule has 33 heavy (non-hydrogen) atoms. The first-order valence-corrected chi connectivity index (χ1v) is 12.2. The third-order valence-electron chi connectivity index (χ3n) is 4.99. The summed E-state index contributed by atoms with van der Waals surface area (Å²) in [7, 11) is 0.473. The van der Waals surface area contributed by atoms with Gasteiger partial charge in [-0.15, -0.1) is 0 Å². The highest BCUT2D eigenvalue weighted by Gasteiger charge is 2.31. The van der Waals surface area contributed by atoms with E-state index in [2.05, 4.69) is 5.32 Å². The van der Waals surface area contributed by atoms with Gasteiger partial charge >= 0.3 is 0 Å². The van der Waals surface area contributed by atoms with Crippen LogP contribution in [0.5, 0.6) is 11.5 Å². The lowest BCUT2D eigenvalue weighted by Gasteiger charge is -2.31.